The third-order valence-electron chi connectivity index (χ3n) is 4.12. The van der Waals surface area contributed by atoms with Crippen molar-refractivity contribution in [2.75, 3.05) is 13.1 Å². The van der Waals surface area contributed by atoms with Crippen LogP contribution in [0.3, 0.4) is 0 Å². The monoisotopic (exact) mass is 335 g/mol. The van der Waals surface area contributed by atoms with Crippen molar-refractivity contribution in [3.05, 3.63) is 66.9 Å². The molecule has 0 saturated carbocycles. The van der Waals surface area contributed by atoms with Gasteiger partial charge in [-0.1, -0.05) is 6.07 Å². The lowest BCUT2D eigenvalue weighted by atomic mass is 10.2. The van der Waals surface area contributed by atoms with E-state index in [2.05, 4.69) is 15.1 Å². The zero-order chi connectivity index (χ0) is 17.1. The molecule has 1 aliphatic heterocycles. The number of ether oxygens (including phenoxy) is 1. The second-order valence-electron chi connectivity index (χ2n) is 5.82. The number of amides is 1. The van der Waals surface area contributed by atoms with E-state index in [0.717, 1.165) is 12.1 Å². The molecule has 2 aromatic heterocycles. The van der Waals surface area contributed by atoms with Gasteiger partial charge in [0.15, 0.2) is 0 Å². The fourth-order valence-electron chi connectivity index (χ4n) is 2.91. The first-order valence-corrected chi connectivity index (χ1v) is 8.11. The second kappa shape index (κ2) is 6.72. The summed E-state index contributed by atoms with van der Waals surface area (Å²) in [5.41, 5.74) is 1.51. The van der Waals surface area contributed by atoms with Crippen molar-refractivity contribution in [2.45, 2.75) is 12.5 Å². The molecule has 0 radical (unpaired) electrons. The first kappa shape index (κ1) is 15.3. The molecule has 0 bridgehead atoms. The number of rotatable bonds is 4. The number of carbonyl (C=O) groups excluding carboxylic acids is 1. The lowest BCUT2D eigenvalue weighted by Crippen LogP contribution is -2.31. The van der Waals surface area contributed by atoms with Crippen molar-refractivity contribution in [2.24, 2.45) is 0 Å². The molecule has 1 atom stereocenters. The Morgan fingerprint density at radius 3 is 2.96 bits per heavy atom. The van der Waals surface area contributed by atoms with Crippen molar-refractivity contribution in [1.82, 2.24) is 24.6 Å². The topological polar surface area (TPSA) is 73.1 Å². The van der Waals surface area contributed by atoms with Gasteiger partial charge in [-0.05, 0) is 24.3 Å². The molecule has 25 heavy (non-hydrogen) atoms. The van der Waals surface area contributed by atoms with Crippen molar-refractivity contribution in [1.29, 1.82) is 0 Å². The molecule has 4 rings (SSSR count). The third-order valence-corrected chi connectivity index (χ3v) is 4.12. The van der Waals surface area contributed by atoms with Gasteiger partial charge in [-0.2, -0.15) is 5.10 Å². The van der Waals surface area contributed by atoms with Gasteiger partial charge in [0.05, 0.1) is 18.4 Å². The van der Waals surface area contributed by atoms with Crippen LogP contribution in [0.1, 0.15) is 16.8 Å². The zero-order valence-corrected chi connectivity index (χ0v) is 13.5. The van der Waals surface area contributed by atoms with E-state index in [9.17, 15) is 4.79 Å². The number of aromatic nitrogens is 4. The van der Waals surface area contributed by atoms with Crippen LogP contribution in [0.4, 0.5) is 0 Å². The standard InChI is InChI=1S/C18H17N5O2/c24-18(14-3-1-4-15(11-14)23-9-2-6-21-23)22-10-5-16(13-22)25-17-12-19-7-8-20-17/h1-4,6-9,11-12,16H,5,10,13H2. The number of nitrogens with zero attached hydrogens (tertiary/aromatic N) is 5. The Kier molecular flexibility index (Phi) is 4.12. The molecule has 1 aromatic carbocycles. The maximum absolute atomic E-state index is 12.8. The average molecular weight is 335 g/mol. The molecule has 0 spiro atoms. The number of carbonyl (C=O) groups is 1. The largest absolute Gasteiger partial charge is 0.471 e. The van der Waals surface area contributed by atoms with Gasteiger partial charge in [0.25, 0.3) is 5.91 Å². The molecule has 0 N–H and O–H groups in total. The zero-order valence-electron chi connectivity index (χ0n) is 13.5. The molecule has 126 valence electrons. The van der Waals surface area contributed by atoms with E-state index in [1.807, 2.05) is 41.4 Å². The van der Waals surface area contributed by atoms with Gasteiger partial charge in [-0.3, -0.25) is 9.78 Å². The molecule has 1 fully saturated rings. The van der Waals surface area contributed by atoms with Gasteiger partial charge >= 0.3 is 0 Å². The Balaban J connectivity index is 1.44. The van der Waals surface area contributed by atoms with Crippen LogP contribution < -0.4 is 4.74 Å². The molecule has 1 saturated heterocycles. The summed E-state index contributed by atoms with van der Waals surface area (Å²) < 4.78 is 7.53. The fourth-order valence-corrected chi connectivity index (χ4v) is 2.91. The van der Waals surface area contributed by atoms with E-state index < -0.39 is 0 Å². The van der Waals surface area contributed by atoms with Gasteiger partial charge in [0, 0.05) is 43.3 Å². The summed E-state index contributed by atoms with van der Waals surface area (Å²) in [5.74, 6) is 0.488. The Hall–Kier alpha value is -3.22. The minimum atomic E-state index is -0.0602. The highest BCUT2D eigenvalue weighted by Crippen LogP contribution is 2.19. The lowest BCUT2D eigenvalue weighted by Gasteiger charge is -2.17. The smallest absolute Gasteiger partial charge is 0.254 e. The van der Waals surface area contributed by atoms with Crippen LogP contribution in [0, 0.1) is 0 Å². The van der Waals surface area contributed by atoms with Crippen LogP contribution in [-0.2, 0) is 0 Å². The first-order valence-electron chi connectivity index (χ1n) is 8.11. The Bertz CT molecular complexity index is 851. The van der Waals surface area contributed by atoms with Crippen molar-refractivity contribution < 1.29 is 9.53 Å². The lowest BCUT2D eigenvalue weighted by molar-refractivity contribution is 0.0771. The maximum atomic E-state index is 12.8. The summed E-state index contributed by atoms with van der Waals surface area (Å²) in [6.45, 7) is 1.21. The van der Waals surface area contributed by atoms with E-state index in [1.54, 1.807) is 29.5 Å². The summed E-state index contributed by atoms with van der Waals surface area (Å²) in [7, 11) is 0. The summed E-state index contributed by atoms with van der Waals surface area (Å²) in [5, 5.41) is 4.20. The number of benzene rings is 1. The molecule has 1 amide bonds. The van der Waals surface area contributed by atoms with E-state index in [-0.39, 0.29) is 12.0 Å². The number of hydrogen-bond donors (Lipinski definition) is 0. The highest BCUT2D eigenvalue weighted by molar-refractivity contribution is 5.95. The van der Waals surface area contributed by atoms with Gasteiger partial charge in [0.2, 0.25) is 5.88 Å². The van der Waals surface area contributed by atoms with Gasteiger partial charge in [-0.15, -0.1) is 0 Å². The van der Waals surface area contributed by atoms with E-state index in [0.29, 0.717) is 24.5 Å². The van der Waals surface area contributed by atoms with Gasteiger partial charge < -0.3 is 9.64 Å². The van der Waals surface area contributed by atoms with Crippen LogP contribution in [0.15, 0.2) is 61.3 Å². The Labute approximate surface area is 144 Å². The van der Waals surface area contributed by atoms with Crippen molar-refractivity contribution in [3.63, 3.8) is 0 Å². The molecular weight excluding hydrogens is 318 g/mol. The molecule has 3 heterocycles. The van der Waals surface area contributed by atoms with Crippen molar-refractivity contribution >= 4 is 5.91 Å². The predicted molar refractivity (Wildman–Crippen MR) is 90.5 cm³/mol. The van der Waals surface area contributed by atoms with Crippen molar-refractivity contribution in [3.8, 4) is 11.6 Å². The van der Waals surface area contributed by atoms with E-state index in [4.69, 9.17) is 4.74 Å². The highest BCUT2D eigenvalue weighted by Gasteiger charge is 2.28. The summed E-state index contributed by atoms with van der Waals surface area (Å²) in [6.07, 6.45) is 9.06. The molecular formula is C18H17N5O2. The Morgan fingerprint density at radius 2 is 2.16 bits per heavy atom. The number of likely N-dealkylation sites (tertiary alicyclic amines) is 1. The predicted octanol–water partition coefficient (Wildman–Crippen LogP) is 1.96. The van der Waals surface area contributed by atoms with E-state index in [1.165, 1.54) is 0 Å². The molecule has 1 unspecified atom stereocenters. The van der Waals surface area contributed by atoms with Crippen LogP contribution in [0.25, 0.3) is 5.69 Å². The highest BCUT2D eigenvalue weighted by atomic mass is 16.5. The summed E-state index contributed by atoms with van der Waals surface area (Å²) in [4.78, 5) is 22.7. The first-order chi connectivity index (χ1) is 12.3. The van der Waals surface area contributed by atoms with E-state index >= 15 is 0 Å². The molecule has 7 heteroatoms. The second-order valence-corrected chi connectivity index (χ2v) is 5.82. The number of hydrogen-bond acceptors (Lipinski definition) is 5. The minimum Gasteiger partial charge on any atom is -0.471 e. The van der Waals surface area contributed by atoms with Gasteiger partial charge in [0.1, 0.15) is 6.10 Å². The quantitative estimate of drug-likeness (QED) is 0.729. The van der Waals surface area contributed by atoms with Gasteiger partial charge in [-0.25, -0.2) is 9.67 Å². The summed E-state index contributed by atoms with van der Waals surface area (Å²) >= 11 is 0. The minimum absolute atomic E-state index is 0.000693. The normalized spacial score (nSPS) is 16.8. The molecule has 1 aliphatic rings. The molecule has 0 aliphatic carbocycles. The van der Waals surface area contributed by atoms with Crippen LogP contribution in [0.2, 0.25) is 0 Å². The molecule has 7 nitrogen and oxygen atoms in total. The van der Waals surface area contributed by atoms with Crippen LogP contribution >= 0.6 is 0 Å². The maximum Gasteiger partial charge on any atom is 0.254 e. The summed E-state index contributed by atoms with van der Waals surface area (Å²) in [6, 6.07) is 9.32. The SMILES string of the molecule is O=C(c1cccc(-n2cccn2)c1)N1CCC(Oc2cnccn2)C1. The Morgan fingerprint density at radius 1 is 1.20 bits per heavy atom. The average Bonchev–Trinajstić information content (AvgIpc) is 3.34. The van der Waals surface area contributed by atoms with Crippen LogP contribution in [0.5, 0.6) is 5.88 Å². The van der Waals surface area contributed by atoms with Crippen LogP contribution in [-0.4, -0.2) is 49.7 Å². The molecule has 3 aromatic rings. The third kappa shape index (κ3) is 3.35. The fraction of sp³-hybridized carbons (Fsp3) is 0.222.